The molecule has 0 aliphatic carbocycles. The van der Waals surface area contributed by atoms with Crippen LogP contribution in [-0.4, -0.2) is 23.1 Å². The summed E-state index contributed by atoms with van der Waals surface area (Å²) < 4.78 is 2.51. The maximum Gasteiger partial charge on any atom is 0.0488 e. The molecule has 0 spiro atoms. The molecule has 1 aromatic heterocycles. The number of hydrogen-bond acceptors (Lipinski definition) is 2. The fourth-order valence-electron chi connectivity index (χ4n) is 3.72. The number of aromatic nitrogens is 1. The molecule has 1 aliphatic heterocycles. The summed E-state index contributed by atoms with van der Waals surface area (Å²) in [7, 11) is 2.20. The van der Waals surface area contributed by atoms with E-state index in [9.17, 15) is 0 Å². The first-order valence-electron chi connectivity index (χ1n) is 8.17. The zero-order chi connectivity index (χ0) is 15.0. The summed E-state index contributed by atoms with van der Waals surface area (Å²) in [6.45, 7) is 8.58. The molecule has 2 aromatic rings. The molecule has 3 rings (SSSR count). The third kappa shape index (κ3) is 2.49. The van der Waals surface area contributed by atoms with E-state index in [1.54, 1.807) is 0 Å². The van der Waals surface area contributed by atoms with E-state index in [0.717, 1.165) is 39.0 Å². The first kappa shape index (κ1) is 14.6. The van der Waals surface area contributed by atoms with Gasteiger partial charge in [0.25, 0.3) is 0 Å². The minimum atomic E-state index is 0.771. The molecule has 0 radical (unpaired) electrons. The van der Waals surface area contributed by atoms with Crippen LogP contribution in [0.25, 0.3) is 10.9 Å². The number of fused-ring (bicyclic) bond motifs is 2. The Bertz CT molecular complexity index is 654. The SMILES string of the molecule is CCCn1c(C)c(CCCN)c2cc3c(cc21)CN(C)C3. The van der Waals surface area contributed by atoms with Crippen molar-refractivity contribution in [2.24, 2.45) is 5.73 Å². The summed E-state index contributed by atoms with van der Waals surface area (Å²) in [5, 5.41) is 1.46. The van der Waals surface area contributed by atoms with Crippen molar-refractivity contribution in [1.82, 2.24) is 9.47 Å². The lowest BCUT2D eigenvalue weighted by molar-refractivity contribution is 0.353. The number of aryl methyl sites for hydroxylation is 2. The molecule has 2 heterocycles. The smallest absolute Gasteiger partial charge is 0.0488 e. The van der Waals surface area contributed by atoms with Crippen molar-refractivity contribution in [1.29, 1.82) is 0 Å². The molecule has 3 nitrogen and oxygen atoms in total. The van der Waals surface area contributed by atoms with E-state index in [2.05, 4.69) is 42.5 Å². The van der Waals surface area contributed by atoms with Gasteiger partial charge in [-0.15, -0.1) is 0 Å². The van der Waals surface area contributed by atoms with Gasteiger partial charge < -0.3 is 10.3 Å². The molecular formula is C18H27N3. The first-order valence-corrected chi connectivity index (χ1v) is 8.17. The van der Waals surface area contributed by atoms with Crippen LogP contribution in [0.2, 0.25) is 0 Å². The molecule has 0 saturated carbocycles. The van der Waals surface area contributed by atoms with Crippen LogP contribution < -0.4 is 5.73 Å². The van der Waals surface area contributed by atoms with Gasteiger partial charge in [0.2, 0.25) is 0 Å². The third-order valence-corrected chi connectivity index (χ3v) is 4.73. The number of hydrogen-bond donors (Lipinski definition) is 1. The lowest BCUT2D eigenvalue weighted by Gasteiger charge is -2.07. The van der Waals surface area contributed by atoms with Crippen LogP contribution in [0.3, 0.4) is 0 Å². The minimum Gasteiger partial charge on any atom is -0.345 e. The highest BCUT2D eigenvalue weighted by atomic mass is 15.1. The van der Waals surface area contributed by atoms with Crippen molar-refractivity contribution in [2.45, 2.75) is 52.7 Å². The van der Waals surface area contributed by atoms with Crippen molar-refractivity contribution in [3.05, 3.63) is 34.5 Å². The summed E-state index contributed by atoms with van der Waals surface area (Å²) >= 11 is 0. The van der Waals surface area contributed by atoms with Gasteiger partial charge in [-0.25, -0.2) is 0 Å². The largest absolute Gasteiger partial charge is 0.345 e. The van der Waals surface area contributed by atoms with Gasteiger partial charge in [-0.1, -0.05) is 6.92 Å². The standard InChI is InChI=1S/C18H27N3/c1-4-8-21-13(2)16(6-5-7-19)17-9-14-11-20(3)12-15(14)10-18(17)21/h9-10H,4-8,11-12,19H2,1-3H3. The van der Waals surface area contributed by atoms with Gasteiger partial charge in [0.1, 0.15) is 0 Å². The predicted octanol–water partition coefficient (Wildman–Crippen LogP) is 3.20. The van der Waals surface area contributed by atoms with E-state index in [-0.39, 0.29) is 0 Å². The highest BCUT2D eigenvalue weighted by molar-refractivity contribution is 5.87. The quantitative estimate of drug-likeness (QED) is 0.915. The zero-order valence-electron chi connectivity index (χ0n) is 13.6. The van der Waals surface area contributed by atoms with E-state index in [0.29, 0.717) is 0 Å². The van der Waals surface area contributed by atoms with Crippen molar-refractivity contribution in [3.63, 3.8) is 0 Å². The fourth-order valence-corrected chi connectivity index (χ4v) is 3.72. The molecular weight excluding hydrogens is 258 g/mol. The monoisotopic (exact) mass is 285 g/mol. The summed E-state index contributed by atoms with van der Waals surface area (Å²) in [5.41, 5.74) is 13.1. The Labute approximate surface area is 127 Å². The Kier molecular flexibility index (Phi) is 4.05. The van der Waals surface area contributed by atoms with Crippen molar-refractivity contribution >= 4 is 10.9 Å². The van der Waals surface area contributed by atoms with Crippen molar-refractivity contribution in [2.75, 3.05) is 13.6 Å². The van der Waals surface area contributed by atoms with Gasteiger partial charge in [0.05, 0.1) is 0 Å². The Hall–Kier alpha value is -1.32. The Balaban J connectivity index is 2.16. The van der Waals surface area contributed by atoms with Gasteiger partial charge in [-0.3, -0.25) is 4.90 Å². The molecule has 1 aromatic carbocycles. The van der Waals surface area contributed by atoms with Crippen LogP contribution in [0.4, 0.5) is 0 Å². The molecule has 2 N–H and O–H groups in total. The van der Waals surface area contributed by atoms with Crippen molar-refractivity contribution < 1.29 is 0 Å². The third-order valence-electron chi connectivity index (χ3n) is 4.73. The van der Waals surface area contributed by atoms with Crippen LogP contribution in [0, 0.1) is 6.92 Å². The van der Waals surface area contributed by atoms with Gasteiger partial charge in [-0.05, 0) is 68.6 Å². The number of nitrogens with two attached hydrogens (primary N) is 1. The number of rotatable bonds is 5. The van der Waals surface area contributed by atoms with Gasteiger partial charge >= 0.3 is 0 Å². The molecule has 114 valence electrons. The highest BCUT2D eigenvalue weighted by Crippen LogP contribution is 2.33. The second kappa shape index (κ2) is 5.82. The maximum absolute atomic E-state index is 5.73. The van der Waals surface area contributed by atoms with Crippen LogP contribution in [0.5, 0.6) is 0 Å². The summed E-state index contributed by atoms with van der Waals surface area (Å²) in [6, 6.07) is 4.88. The summed E-state index contributed by atoms with van der Waals surface area (Å²) in [6.07, 6.45) is 3.35. The molecule has 21 heavy (non-hydrogen) atoms. The Morgan fingerprint density at radius 2 is 1.90 bits per heavy atom. The molecule has 0 fully saturated rings. The maximum atomic E-state index is 5.73. The van der Waals surface area contributed by atoms with E-state index in [1.165, 1.54) is 39.7 Å². The lowest BCUT2D eigenvalue weighted by atomic mass is 10.0. The molecule has 0 amide bonds. The molecule has 0 unspecified atom stereocenters. The van der Waals surface area contributed by atoms with E-state index >= 15 is 0 Å². The Morgan fingerprint density at radius 1 is 1.19 bits per heavy atom. The molecule has 1 aliphatic rings. The van der Waals surface area contributed by atoms with Gasteiger partial charge in [0, 0.05) is 36.2 Å². The average molecular weight is 285 g/mol. The molecule has 0 atom stereocenters. The lowest BCUT2D eigenvalue weighted by Crippen LogP contribution is -2.07. The van der Waals surface area contributed by atoms with E-state index in [4.69, 9.17) is 5.73 Å². The first-order chi connectivity index (χ1) is 10.2. The predicted molar refractivity (Wildman–Crippen MR) is 89.5 cm³/mol. The highest BCUT2D eigenvalue weighted by Gasteiger charge is 2.20. The molecule has 0 bridgehead atoms. The second-order valence-corrected chi connectivity index (χ2v) is 6.42. The Morgan fingerprint density at radius 3 is 2.57 bits per heavy atom. The van der Waals surface area contributed by atoms with Crippen LogP contribution in [-0.2, 0) is 26.1 Å². The van der Waals surface area contributed by atoms with Gasteiger partial charge in [0.15, 0.2) is 0 Å². The fraction of sp³-hybridized carbons (Fsp3) is 0.556. The summed E-state index contributed by atoms with van der Waals surface area (Å²) in [4.78, 5) is 2.39. The van der Waals surface area contributed by atoms with Crippen LogP contribution in [0.1, 0.15) is 42.1 Å². The normalized spacial score (nSPS) is 15.0. The van der Waals surface area contributed by atoms with E-state index in [1.807, 2.05) is 0 Å². The molecule has 0 saturated heterocycles. The molecule has 3 heteroatoms. The minimum absolute atomic E-state index is 0.771. The zero-order valence-corrected chi connectivity index (χ0v) is 13.6. The summed E-state index contributed by atoms with van der Waals surface area (Å²) in [5.74, 6) is 0. The number of benzene rings is 1. The topological polar surface area (TPSA) is 34.2 Å². The number of nitrogens with zero attached hydrogens (tertiary/aromatic N) is 2. The average Bonchev–Trinajstić information content (AvgIpc) is 2.93. The van der Waals surface area contributed by atoms with Crippen LogP contribution in [0.15, 0.2) is 12.1 Å². The van der Waals surface area contributed by atoms with Crippen LogP contribution >= 0.6 is 0 Å². The van der Waals surface area contributed by atoms with Crippen molar-refractivity contribution in [3.8, 4) is 0 Å². The van der Waals surface area contributed by atoms with Gasteiger partial charge in [-0.2, -0.15) is 0 Å². The van der Waals surface area contributed by atoms with E-state index < -0.39 is 0 Å². The second-order valence-electron chi connectivity index (χ2n) is 6.42.